The van der Waals surface area contributed by atoms with E-state index >= 15 is 0 Å². The average Bonchev–Trinajstić information content (AvgIpc) is 2.82. The molecule has 0 spiro atoms. The molecule has 0 amide bonds. The molecule has 3 rings (SSSR count). The molecule has 0 aromatic heterocycles. The van der Waals surface area contributed by atoms with Crippen LogP contribution in [0.4, 0.5) is 0 Å². The molecule has 23 heavy (non-hydrogen) atoms. The van der Waals surface area contributed by atoms with Gasteiger partial charge in [0, 0.05) is 0 Å². The first-order valence-electron chi connectivity index (χ1n) is 9.22. The van der Waals surface area contributed by atoms with Gasteiger partial charge in [-0.1, -0.05) is 68.8 Å². The van der Waals surface area contributed by atoms with Gasteiger partial charge in [0.25, 0.3) is 0 Å². The second-order valence-electron chi connectivity index (χ2n) is 6.71. The molecule has 2 aromatic rings. The van der Waals surface area contributed by atoms with Crippen molar-refractivity contribution in [1.82, 2.24) is 0 Å². The molecule has 120 valence electrons. The summed E-state index contributed by atoms with van der Waals surface area (Å²) in [5.41, 5.74) is 8.78. The summed E-state index contributed by atoms with van der Waals surface area (Å²) in [6.07, 6.45) is 11.0. The van der Waals surface area contributed by atoms with E-state index in [2.05, 4.69) is 62.4 Å². The van der Waals surface area contributed by atoms with Gasteiger partial charge in [-0.25, -0.2) is 0 Å². The molecule has 0 aliphatic heterocycles. The second kappa shape index (κ2) is 7.64. The summed E-state index contributed by atoms with van der Waals surface area (Å²) in [4.78, 5) is 0. The minimum Gasteiger partial charge on any atom is -0.0654 e. The van der Waals surface area contributed by atoms with Crippen LogP contribution in [0.2, 0.25) is 0 Å². The van der Waals surface area contributed by atoms with E-state index in [4.69, 9.17) is 0 Å². The lowest BCUT2D eigenvalue weighted by Gasteiger charge is -2.08. The first kappa shape index (κ1) is 16.1. The van der Waals surface area contributed by atoms with Crippen molar-refractivity contribution in [2.75, 3.05) is 0 Å². The van der Waals surface area contributed by atoms with E-state index in [0.29, 0.717) is 0 Å². The first-order valence-corrected chi connectivity index (χ1v) is 9.22. The van der Waals surface area contributed by atoms with Crippen molar-refractivity contribution in [2.24, 2.45) is 0 Å². The van der Waals surface area contributed by atoms with Crippen LogP contribution in [0.25, 0.3) is 11.6 Å². The van der Waals surface area contributed by atoms with Gasteiger partial charge < -0.3 is 0 Å². The van der Waals surface area contributed by atoms with E-state index in [9.17, 15) is 0 Å². The number of fused-ring (bicyclic) bond motifs is 1. The lowest BCUT2D eigenvalue weighted by atomic mass is 9.98. The van der Waals surface area contributed by atoms with Crippen LogP contribution in [0.1, 0.15) is 67.3 Å². The Labute approximate surface area is 141 Å². The SMILES string of the molecule is CCCCc1ccc2c(c1)CCCC(c1ccc(CC)cc1)=C2. The number of allylic oxidation sites excluding steroid dienone is 1. The van der Waals surface area contributed by atoms with Crippen LogP contribution in [0.3, 0.4) is 0 Å². The van der Waals surface area contributed by atoms with Crippen LogP contribution in [0, 0.1) is 0 Å². The molecule has 0 N–H and O–H groups in total. The third kappa shape index (κ3) is 3.93. The van der Waals surface area contributed by atoms with Crippen molar-refractivity contribution in [3.8, 4) is 0 Å². The molecule has 0 radical (unpaired) electrons. The van der Waals surface area contributed by atoms with Crippen molar-refractivity contribution < 1.29 is 0 Å². The van der Waals surface area contributed by atoms with Crippen LogP contribution < -0.4 is 0 Å². The Morgan fingerprint density at radius 1 is 0.870 bits per heavy atom. The fourth-order valence-electron chi connectivity index (χ4n) is 3.46. The van der Waals surface area contributed by atoms with Crippen molar-refractivity contribution in [3.63, 3.8) is 0 Å². The highest BCUT2D eigenvalue weighted by Gasteiger charge is 2.11. The standard InChI is InChI=1S/C23H28/c1-3-5-7-19-12-15-23-17-22(9-6-8-21(23)16-19)20-13-10-18(4-2)11-14-20/h10-17H,3-9H2,1-2H3. The predicted molar refractivity (Wildman–Crippen MR) is 102 cm³/mol. The van der Waals surface area contributed by atoms with E-state index in [1.165, 1.54) is 66.4 Å². The molecule has 0 bridgehead atoms. The molecular weight excluding hydrogens is 276 g/mol. The molecule has 0 nitrogen and oxygen atoms in total. The van der Waals surface area contributed by atoms with E-state index in [0.717, 1.165) is 6.42 Å². The fourth-order valence-corrected chi connectivity index (χ4v) is 3.46. The predicted octanol–water partition coefficient (Wildman–Crippen LogP) is 6.47. The van der Waals surface area contributed by atoms with Crippen LogP contribution in [0.15, 0.2) is 42.5 Å². The molecule has 0 atom stereocenters. The highest BCUT2D eigenvalue weighted by Crippen LogP contribution is 2.30. The number of unbranched alkanes of at least 4 members (excludes halogenated alkanes) is 1. The summed E-state index contributed by atoms with van der Waals surface area (Å²) in [5.74, 6) is 0. The summed E-state index contributed by atoms with van der Waals surface area (Å²) in [6, 6.07) is 16.3. The van der Waals surface area contributed by atoms with Gasteiger partial charge in [-0.3, -0.25) is 0 Å². The van der Waals surface area contributed by atoms with Crippen LogP contribution in [-0.2, 0) is 19.3 Å². The van der Waals surface area contributed by atoms with E-state index in [1.54, 1.807) is 5.56 Å². The molecule has 2 aromatic carbocycles. The maximum atomic E-state index is 2.45. The number of benzene rings is 2. The van der Waals surface area contributed by atoms with Gasteiger partial charge in [-0.15, -0.1) is 0 Å². The number of aryl methyl sites for hydroxylation is 3. The molecule has 0 unspecified atom stereocenters. The topological polar surface area (TPSA) is 0 Å². The highest BCUT2D eigenvalue weighted by atomic mass is 14.2. The first-order chi connectivity index (χ1) is 11.3. The summed E-state index contributed by atoms with van der Waals surface area (Å²) in [7, 11) is 0. The lowest BCUT2D eigenvalue weighted by molar-refractivity contribution is 0.791. The Morgan fingerprint density at radius 2 is 1.65 bits per heavy atom. The lowest BCUT2D eigenvalue weighted by Crippen LogP contribution is -1.92. The van der Waals surface area contributed by atoms with E-state index in [1.807, 2.05) is 0 Å². The Hall–Kier alpha value is -1.82. The molecule has 1 aliphatic carbocycles. The zero-order chi connectivity index (χ0) is 16.1. The average molecular weight is 304 g/mol. The molecule has 0 heterocycles. The second-order valence-corrected chi connectivity index (χ2v) is 6.71. The third-order valence-corrected chi connectivity index (χ3v) is 4.98. The molecule has 0 fully saturated rings. The molecule has 0 saturated carbocycles. The highest BCUT2D eigenvalue weighted by molar-refractivity contribution is 5.83. The van der Waals surface area contributed by atoms with Gasteiger partial charge in [-0.2, -0.15) is 0 Å². The summed E-state index contributed by atoms with van der Waals surface area (Å²) < 4.78 is 0. The third-order valence-electron chi connectivity index (χ3n) is 4.98. The Morgan fingerprint density at radius 3 is 2.39 bits per heavy atom. The Bertz CT molecular complexity index is 674. The number of hydrogen-bond donors (Lipinski definition) is 0. The zero-order valence-electron chi connectivity index (χ0n) is 14.6. The van der Waals surface area contributed by atoms with Crippen LogP contribution in [0.5, 0.6) is 0 Å². The molecule has 0 saturated heterocycles. The van der Waals surface area contributed by atoms with Crippen LogP contribution >= 0.6 is 0 Å². The number of rotatable bonds is 5. The van der Waals surface area contributed by atoms with Gasteiger partial charge in [0.15, 0.2) is 0 Å². The van der Waals surface area contributed by atoms with Gasteiger partial charge in [0.05, 0.1) is 0 Å². The monoisotopic (exact) mass is 304 g/mol. The van der Waals surface area contributed by atoms with E-state index in [-0.39, 0.29) is 0 Å². The fraction of sp³-hybridized carbons (Fsp3) is 0.391. The maximum absolute atomic E-state index is 2.45. The van der Waals surface area contributed by atoms with Gasteiger partial charge in [-0.05, 0) is 71.9 Å². The number of hydrogen-bond acceptors (Lipinski definition) is 0. The van der Waals surface area contributed by atoms with Gasteiger partial charge >= 0.3 is 0 Å². The minimum absolute atomic E-state index is 1.11. The Balaban J connectivity index is 1.87. The van der Waals surface area contributed by atoms with Crippen molar-refractivity contribution in [3.05, 3.63) is 70.3 Å². The van der Waals surface area contributed by atoms with Gasteiger partial charge in [0.1, 0.15) is 0 Å². The summed E-state index contributed by atoms with van der Waals surface area (Å²) >= 11 is 0. The quantitative estimate of drug-likeness (QED) is 0.594. The summed E-state index contributed by atoms with van der Waals surface area (Å²) in [6.45, 7) is 4.48. The van der Waals surface area contributed by atoms with Gasteiger partial charge in [0.2, 0.25) is 0 Å². The smallest absolute Gasteiger partial charge is 0.0221 e. The van der Waals surface area contributed by atoms with Crippen LogP contribution in [-0.4, -0.2) is 0 Å². The Kier molecular flexibility index (Phi) is 5.33. The molecular formula is C23H28. The van der Waals surface area contributed by atoms with E-state index < -0.39 is 0 Å². The van der Waals surface area contributed by atoms with Crippen molar-refractivity contribution >= 4 is 11.6 Å². The zero-order valence-corrected chi connectivity index (χ0v) is 14.6. The minimum atomic E-state index is 1.11. The van der Waals surface area contributed by atoms with Crippen molar-refractivity contribution in [2.45, 2.75) is 58.8 Å². The molecule has 0 heteroatoms. The molecule has 1 aliphatic rings. The summed E-state index contributed by atoms with van der Waals surface area (Å²) in [5, 5.41) is 0. The van der Waals surface area contributed by atoms with Crippen molar-refractivity contribution in [1.29, 1.82) is 0 Å². The largest absolute Gasteiger partial charge is 0.0654 e. The maximum Gasteiger partial charge on any atom is -0.0221 e. The normalized spacial score (nSPS) is 14.1.